The number of hydrogen-bond donors (Lipinski definition) is 1. The molecule has 4 rings (SSSR count). The van der Waals surface area contributed by atoms with E-state index in [-0.39, 0.29) is 11.0 Å². The molecule has 0 amide bonds. The molecule has 0 unspecified atom stereocenters. The van der Waals surface area contributed by atoms with Crippen molar-refractivity contribution in [3.05, 3.63) is 42.6 Å². The predicted molar refractivity (Wildman–Crippen MR) is 106 cm³/mol. The van der Waals surface area contributed by atoms with Crippen LogP contribution < -0.4 is 14.4 Å². The van der Waals surface area contributed by atoms with Crippen molar-refractivity contribution < 1.29 is 13.2 Å². The fraction of sp³-hybridized carbons (Fsp3) is 0.450. The number of pyridine rings is 1. The van der Waals surface area contributed by atoms with Gasteiger partial charge >= 0.3 is 0 Å². The Morgan fingerprint density at radius 2 is 1.67 bits per heavy atom. The maximum absolute atomic E-state index is 12.6. The fourth-order valence-electron chi connectivity index (χ4n) is 3.69. The van der Waals surface area contributed by atoms with E-state index in [1.165, 1.54) is 25.7 Å². The van der Waals surface area contributed by atoms with Crippen LogP contribution in [0.25, 0.3) is 0 Å². The summed E-state index contributed by atoms with van der Waals surface area (Å²) in [4.78, 5) is 6.81. The predicted octanol–water partition coefficient (Wildman–Crippen LogP) is 3.80. The summed E-state index contributed by atoms with van der Waals surface area (Å²) in [6.45, 7) is 2.01. The average molecular weight is 388 g/mol. The standard InChI is InChI=1S/C20H25N3O3S/c24-27(25,19-10-8-18(9-11-19)26-17-5-1-2-6-17)22-16-7-12-20(21-15-16)23-13-3-4-14-23/h7-12,15,17,22H,1-6,13-14H2. The lowest BCUT2D eigenvalue weighted by Crippen LogP contribution is -2.19. The summed E-state index contributed by atoms with van der Waals surface area (Å²) in [6.07, 6.45) is 8.72. The van der Waals surface area contributed by atoms with Crippen LogP contribution in [0.2, 0.25) is 0 Å². The number of rotatable bonds is 6. The van der Waals surface area contributed by atoms with E-state index in [0.717, 1.165) is 37.5 Å². The molecule has 1 aromatic carbocycles. The lowest BCUT2D eigenvalue weighted by Gasteiger charge is -2.16. The molecule has 1 aromatic heterocycles. The summed E-state index contributed by atoms with van der Waals surface area (Å²) in [5.41, 5.74) is 0.462. The zero-order valence-electron chi connectivity index (χ0n) is 15.3. The molecule has 0 bridgehead atoms. The van der Waals surface area contributed by atoms with Crippen molar-refractivity contribution in [1.29, 1.82) is 0 Å². The maximum Gasteiger partial charge on any atom is 0.261 e. The van der Waals surface area contributed by atoms with Crippen LogP contribution in [0.4, 0.5) is 11.5 Å². The number of ether oxygens (including phenoxy) is 1. The van der Waals surface area contributed by atoms with Gasteiger partial charge in [-0.3, -0.25) is 4.72 Å². The largest absolute Gasteiger partial charge is 0.490 e. The van der Waals surface area contributed by atoms with Gasteiger partial charge in [-0.1, -0.05) is 0 Å². The van der Waals surface area contributed by atoms with Crippen LogP contribution in [0.15, 0.2) is 47.5 Å². The third-order valence-electron chi connectivity index (χ3n) is 5.17. The topological polar surface area (TPSA) is 71.5 Å². The summed E-state index contributed by atoms with van der Waals surface area (Å²) in [5, 5.41) is 0. The van der Waals surface area contributed by atoms with E-state index in [9.17, 15) is 8.42 Å². The van der Waals surface area contributed by atoms with E-state index < -0.39 is 10.0 Å². The second-order valence-corrected chi connectivity index (χ2v) is 8.88. The number of benzene rings is 1. The molecular weight excluding hydrogens is 362 g/mol. The number of hydrogen-bond acceptors (Lipinski definition) is 5. The summed E-state index contributed by atoms with van der Waals surface area (Å²) in [6, 6.07) is 10.2. The minimum Gasteiger partial charge on any atom is -0.490 e. The SMILES string of the molecule is O=S(=O)(Nc1ccc(N2CCCC2)nc1)c1ccc(OC2CCCC2)cc1. The first kappa shape index (κ1) is 18.1. The second-order valence-electron chi connectivity index (χ2n) is 7.20. The van der Waals surface area contributed by atoms with Crippen molar-refractivity contribution in [2.45, 2.75) is 49.5 Å². The highest BCUT2D eigenvalue weighted by molar-refractivity contribution is 7.92. The van der Waals surface area contributed by atoms with Crippen molar-refractivity contribution >= 4 is 21.5 Å². The number of anilines is 2. The zero-order valence-corrected chi connectivity index (χ0v) is 16.1. The molecule has 0 radical (unpaired) electrons. The van der Waals surface area contributed by atoms with Crippen LogP contribution in [-0.2, 0) is 10.0 Å². The Morgan fingerprint density at radius 3 is 2.30 bits per heavy atom. The molecule has 2 aromatic rings. The van der Waals surface area contributed by atoms with Gasteiger partial charge in [0, 0.05) is 13.1 Å². The van der Waals surface area contributed by atoms with Crippen molar-refractivity contribution in [3.63, 3.8) is 0 Å². The lowest BCUT2D eigenvalue weighted by molar-refractivity contribution is 0.210. The van der Waals surface area contributed by atoms with E-state index in [1.54, 1.807) is 36.5 Å². The van der Waals surface area contributed by atoms with E-state index >= 15 is 0 Å². The Labute approximate surface area is 160 Å². The molecular formula is C20H25N3O3S. The Kier molecular flexibility index (Phi) is 5.20. The molecule has 7 heteroatoms. The molecule has 0 atom stereocenters. The summed E-state index contributed by atoms with van der Waals surface area (Å²) >= 11 is 0. The van der Waals surface area contributed by atoms with Gasteiger partial charge in [0.15, 0.2) is 0 Å². The Balaban J connectivity index is 1.41. The van der Waals surface area contributed by atoms with Crippen molar-refractivity contribution in [3.8, 4) is 5.75 Å². The normalized spacial score (nSPS) is 18.0. The van der Waals surface area contributed by atoms with Crippen LogP contribution in [-0.4, -0.2) is 32.6 Å². The Morgan fingerprint density at radius 1 is 0.963 bits per heavy atom. The quantitative estimate of drug-likeness (QED) is 0.816. The molecule has 6 nitrogen and oxygen atoms in total. The molecule has 27 heavy (non-hydrogen) atoms. The van der Waals surface area contributed by atoms with Gasteiger partial charge < -0.3 is 9.64 Å². The summed E-state index contributed by atoms with van der Waals surface area (Å²) < 4.78 is 33.7. The fourth-order valence-corrected chi connectivity index (χ4v) is 4.73. The van der Waals surface area contributed by atoms with Crippen molar-refractivity contribution in [2.75, 3.05) is 22.7 Å². The number of aromatic nitrogens is 1. The highest BCUT2D eigenvalue weighted by Gasteiger charge is 2.19. The van der Waals surface area contributed by atoms with Gasteiger partial charge in [-0.25, -0.2) is 13.4 Å². The molecule has 1 saturated heterocycles. The number of nitrogens with zero attached hydrogens (tertiary/aromatic N) is 2. The molecule has 1 N–H and O–H groups in total. The first-order valence-electron chi connectivity index (χ1n) is 9.61. The first-order chi connectivity index (χ1) is 13.1. The molecule has 0 spiro atoms. The number of nitrogens with one attached hydrogen (secondary N) is 1. The Hall–Kier alpha value is -2.28. The monoisotopic (exact) mass is 387 g/mol. The molecule has 1 aliphatic heterocycles. The average Bonchev–Trinajstić information content (AvgIpc) is 3.36. The van der Waals surface area contributed by atoms with Crippen LogP contribution >= 0.6 is 0 Å². The van der Waals surface area contributed by atoms with Crippen LogP contribution in [0.5, 0.6) is 5.75 Å². The van der Waals surface area contributed by atoms with E-state index in [4.69, 9.17) is 4.74 Å². The smallest absolute Gasteiger partial charge is 0.261 e. The molecule has 1 aliphatic carbocycles. The minimum atomic E-state index is -3.65. The van der Waals surface area contributed by atoms with Gasteiger partial charge in [0.2, 0.25) is 0 Å². The van der Waals surface area contributed by atoms with Gasteiger partial charge in [-0.05, 0) is 74.9 Å². The van der Waals surface area contributed by atoms with E-state index in [1.807, 2.05) is 6.07 Å². The molecule has 2 aliphatic rings. The summed E-state index contributed by atoms with van der Waals surface area (Å²) in [5.74, 6) is 1.61. The first-order valence-corrected chi connectivity index (χ1v) is 11.1. The van der Waals surface area contributed by atoms with E-state index in [2.05, 4.69) is 14.6 Å². The lowest BCUT2D eigenvalue weighted by atomic mass is 10.3. The van der Waals surface area contributed by atoms with Gasteiger partial charge in [0.25, 0.3) is 10.0 Å². The molecule has 1 saturated carbocycles. The zero-order chi connectivity index (χ0) is 18.7. The van der Waals surface area contributed by atoms with Crippen molar-refractivity contribution in [2.24, 2.45) is 0 Å². The van der Waals surface area contributed by atoms with Crippen molar-refractivity contribution in [1.82, 2.24) is 4.98 Å². The van der Waals surface area contributed by atoms with Crippen LogP contribution in [0.1, 0.15) is 38.5 Å². The van der Waals surface area contributed by atoms with Gasteiger partial charge in [0.1, 0.15) is 11.6 Å². The van der Waals surface area contributed by atoms with Crippen LogP contribution in [0, 0.1) is 0 Å². The highest BCUT2D eigenvalue weighted by atomic mass is 32.2. The number of sulfonamides is 1. The van der Waals surface area contributed by atoms with Gasteiger partial charge in [0.05, 0.1) is 22.9 Å². The molecule has 2 fully saturated rings. The summed E-state index contributed by atoms with van der Waals surface area (Å²) in [7, 11) is -3.65. The van der Waals surface area contributed by atoms with Crippen LogP contribution in [0.3, 0.4) is 0 Å². The maximum atomic E-state index is 12.6. The van der Waals surface area contributed by atoms with Gasteiger partial charge in [-0.15, -0.1) is 0 Å². The highest BCUT2D eigenvalue weighted by Crippen LogP contribution is 2.26. The minimum absolute atomic E-state index is 0.213. The Bertz CT molecular complexity index is 854. The molecule has 144 valence electrons. The molecule has 2 heterocycles. The third kappa shape index (κ3) is 4.35. The second kappa shape index (κ2) is 7.76. The van der Waals surface area contributed by atoms with E-state index in [0.29, 0.717) is 5.69 Å². The third-order valence-corrected chi connectivity index (χ3v) is 6.57. The van der Waals surface area contributed by atoms with Gasteiger partial charge in [-0.2, -0.15) is 0 Å².